The lowest BCUT2D eigenvalue weighted by Gasteiger charge is -2.28. The zero-order chi connectivity index (χ0) is 28.0. The monoisotopic (exact) mass is 557 g/mol. The molecule has 10 nitrogen and oxygen atoms in total. The van der Waals surface area contributed by atoms with Crippen LogP contribution in [0, 0.1) is 24.1 Å². The van der Waals surface area contributed by atoms with Gasteiger partial charge in [0, 0.05) is 24.4 Å². The number of aryl methyl sites for hydroxylation is 1. The van der Waals surface area contributed by atoms with E-state index in [-0.39, 0.29) is 17.9 Å². The number of carbonyl (C=O) groups excluding carboxylic acids is 1. The fourth-order valence-corrected chi connectivity index (χ4v) is 5.40. The summed E-state index contributed by atoms with van der Waals surface area (Å²) >= 11 is 1.24. The molecule has 0 bridgehead atoms. The van der Waals surface area contributed by atoms with Gasteiger partial charge in [-0.05, 0) is 42.8 Å². The van der Waals surface area contributed by atoms with Crippen molar-refractivity contribution in [1.82, 2.24) is 15.0 Å². The number of benzene rings is 3. The number of carbonyl (C=O) groups is 1. The number of ether oxygens (including phenoxy) is 4. The number of nitriles is 1. The van der Waals surface area contributed by atoms with Crippen molar-refractivity contribution in [1.29, 1.82) is 5.26 Å². The van der Waals surface area contributed by atoms with Crippen LogP contribution in [0.1, 0.15) is 11.1 Å². The molecule has 12 heteroatoms. The van der Waals surface area contributed by atoms with Gasteiger partial charge < -0.3 is 18.9 Å². The molecule has 1 aliphatic heterocycles. The summed E-state index contributed by atoms with van der Waals surface area (Å²) in [6.45, 7) is 1.81. The molecule has 40 heavy (non-hydrogen) atoms. The molecule has 0 fully saturated rings. The van der Waals surface area contributed by atoms with Crippen LogP contribution in [-0.4, -0.2) is 48.1 Å². The van der Waals surface area contributed by atoms with E-state index >= 15 is 4.39 Å². The molecule has 0 spiro atoms. The van der Waals surface area contributed by atoms with Crippen LogP contribution in [0.5, 0.6) is 17.4 Å². The number of halogens is 1. The Morgan fingerprint density at radius 2 is 2.08 bits per heavy atom. The SMILES string of the molecule is COc1cnc2c(-c3nc4c(F)cc5c(c4s3)OC[C@@H](OC(=O)N(C)c3cccc(C#N)c3)O5)cc(C)cc2n1. The lowest BCUT2D eigenvalue weighted by atomic mass is 10.1. The van der Waals surface area contributed by atoms with E-state index in [1.165, 1.54) is 42.7 Å². The molecule has 5 aromatic rings. The highest BCUT2D eigenvalue weighted by Crippen LogP contribution is 2.45. The van der Waals surface area contributed by atoms with Crippen LogP contribution in [0.25, 0.3) is 31.8 Å². The molecular formula is C28H20FN5O5S. The average molecular weight is 558 g/mol. The molecule has 1 aliphatic rings. The molecule has 0 saturated carbocycles. The van der Waals surface area contributed by atoms with E-state index in [1.54, 1.807) is 24.3 Å². The Hall–Kier alpha value is -5.02. The highest BCUT2D eigenvalue weighted by atomic mass is 32.1. The van der Waals surface area contributed by atoms with Gasteiger partial charge in [-0.15, -0.1) is 11.3 Å². The number of anilines is 1. The number of hydrogen-bond acceptors (Lipinski definition) is 10. The van der Waals surface area contributed by atoms with Crippen molar-refractivity contribution >= 4 is 44.4 Å². The van der Waals surface area contributed by atoms with Crippen molar-refractivity contribution in [2.45, 2.75) is 13.2 Å². The summed E-state index contributed by atoms with van der Waals surface area (Å²) in [5, 5.41) is 9.65. The van der Waals surface area contributed by atoms with E-state index in [9.17, 15) is 4.79 Å². The van der Waals surface area contributed by atoms with Crippen LogP contribution in [0.15, 0.2) is 48.7 Å². The Morgan fingerprint density at radius 3 is 2.88 bits per heavy atom. The zero-order valence-corrected chi connectivity index (χ0v) is 22.3. The summed E-state index contributed by atoms with van der Waals surface area (Å²) in [7, 11) is 3.03. The molecule has 1 atom stereocenters. The number of hydrogen-bond donors (Lipinski definition) is 0. The van der Waals surface area contributed by atoms with Gasteiger partial charge in [0.25, 0.3) is 6.29 Å². The first kappa shape index (κ1) is 25.3. The van der Waals surface area contributed by atoms with Gasteiger partial charge in [-0.2, -0.15) is 5.26 Å². The van der Waals surface area contributed by atoms with Gasteiger partial charge in [0.15, 0.2) is 23.9 Å². The van der Waals surface area contributed by atoms with Gasteiger partial charge in [0.05, 0.1) is 36.0 Å². The summed E-state index contributed by atoms with van der Waals surface area (Å²) in [5.41, 5.74) is 3.87. The Labute approximate surface area is 231 Å². The van der Waals surface area contributed by atoms with E-state index < -0.39 is 18.2 Å². The minimum Gasteiger partial charge on any atom is -0.480 e. The molecule has 3 heterocycles. The number of methoxy groups -OCH3 is 1. The molecule has 2 aromatic heterocycles. The second-order valence-electron chi connectivity index (χ2n) is 8.94. The summed E-state index contributed by atoms with van der Waals surface area (Å²) < 4.78 is 38.0. The Balaban J connectivity index is 1.29. The average Bonchev–Trinajstić information content (AvgIpc) is 3.42. The highest BCUT2D eigenvalue weighted by molar-refractivity contribution is 7.22. The van der Waals surface area contributed by atoms with Crippen molar-refractivity contribution in [3.63, 3.8) is 0 Å². The number of nitrogens with zero attached hydrogens (tertiary/aromatic N) is 5. The van der Waals surface area contributed by atoms with Gasteiger partial charge >= 0.3 is 6.09 Å². The number of amides is 1. The molecular weight excluding hydrogens is 537 g/mol. The number of aromatic nitrogens is 3. The summed E-state index contributed by atoms with van der Waals surface area (Å²) in [4.78, 5) is 27.5. The van der Waals surface area contributed by atoms with Gasteiger partial charge in [-0.3, -0.25) is 4.90 Å². The second-order valence-corrected chi connectivity index (χ2v) is 9.94. The van der Waals surface area contributed by atoms with Gasteiger partial charge in [-0.25, -0.2) is 24.1 Å². The lowest BCUT2D eigenvalue weighted by molar-refractivity contribution is -0.0719. The van der Waals surface area contributed by atoms with E-state index in [0.717, 1.165) is 5.56 Å². The van der Waals surface area contributed by atoms with E-state index in [1.807, 2.05) is 25.1 Å². The lowest BCUT2D eigenvalue weighted by Crippen LogP contribution is -2.38. The number of thiazole rings is 1. The maximum atomic E-state index is 15.2. The maximum Gasteiger partial charge on any atom is 0.417 e. The van der Waals surface area contributed by atoms with Crippen molar-refractivity contribution in [3.8, 4) is 34.0 Å². The van der Waals surface area contributed by atoms with Gasteiger partial charge in [0.1, 0.15) is 15.2 Å². The minimum atomic E-state index is -1.11. The van der Waals surface area contributed by atoms with Crippen LogP contribution < -0.4 is 19.1 Å². The van der Waals surface area contributed by atoms with Crippen LogP contribution in [0.4, 0.5) is 14.9 Å². The highest BCUT2D eigenvalue weighted by Gasteiger charge is 2.30. The Bertz CT molecular complexity index is 1850. The number of rotatable bonds is 4. The second kappa shape index (κ2) is 9.94. The molecule has 0 radical (unpaired) electrons. The molecule has 3 aromatic carbocycles. The third-order valence-corrected chi connectivity index (χ3v) is 7.33. The molecule has 0 N–H and O–H groups in total. The predicted molar refractivity (Wildman–Crippen MR) is 145 cm³/mol. The normalized spacial score (nSPS) is 14.1. The van der Waals surface area contributed by atoms with Crippen LogP contribution in [0.3, 0.4) is 0 Å². The molecule has 200 valence electrons. The quantitative estimate of drug-likeness (QED) is 0.278. The van der Waals surface area contributed by atoms with Crippen molar-refractivity contribution in [2.75, 3.05) is 25.7 Å². The van der Waals surface area contributed by atoms with Gasteiger partial charge in [0.2, 0.25) is 5.88 Å². The molecule has 0 aliphatic carbocycles. The zero-order valence-electron chi connectivity index (χ0n) is 21.5. The van der Waals surface area contributed by atoms with Crippen molar-refractivity contribution in [3.05, 3.63) is 65.6 Å². The first-order valence-electron chi connectivity index (χ1n) is 12.0. The first-order valence-corrected chi connectivity index (χ1v) is 12.8. The van der Waals surface area contributed by atoms with E-state index in [2.05, 4.69) is 15.0 Å². The number of fused-ring (bicyclic) bond motifs is 4. The molecule has 6 rings (SSSR count). The van der Waals surface area contributed by atoms with Crippen LogP contribution >= 0.6 is 11.3 Å². The summed E-state index contributed by atoms with van der Waals surface area (Å²) in [5.74, 6) is 0.183. The summed E-state index contributed by atoms with van der Waals surface area (Å²) in [6, 6.07) is 13.5. The maximum absolute atomic E-state index is 15.2. The van der Waals surface area contributed by atoms with Gasteiger partial charge in [-0.1, -0.05) is 6.07 Å². The van der Waals surface area contributed by atoms with Crippen molar-refractivity contribution < 1.29 is 28.1 Å². The van der Waals surface area contributed by atoms with E-state index in [4.69, 9.17) is 24.2 Å². The smallest absolute Gasteiger partial charge is 0.417 e. The topological polar surface area (TPSA) is 120 Å². The fourth-order valence-electron chi connectivity index (χ4n) is 4.31. The molecule has 1 amide bonds. The van der Waals surface area contributed by atoms with Crippen LogP contribution in [0.2, 0.25) is 0 Å². The van der Waals surface area contributed by atoms with Crippen LogP contribution in [-0.2, 0) is 4.74 Å². The largest absolute Gasteiger partial charge is 0.480 e. The standard InChI is InChI=1S/C28H20FN5O5S/c1-14-7-17(23-19(8-14)32-21(36-3)12-31-23)27-33-24-18(29)10-20-25(26(24)40-27)37-13-22(38-20)39-28(35)34(2)16-6-4-5-15(9-16)11-30/h4-10,12,22H,13H2,1-3H3/t22-/m1/s1. The third kappa shape index (κ3) is 4.46. The van der Waals surface area contributed by atoms with Crippen molar-refractivity contribution in [2.24, 2.45) is 0 Å². The first-order chi connectivity index (χ1) is 19.3. The van der Waals surface area contributed by atoms with E-state index in [0.29, 0.717) is 49.2 Å². The predicted octanol–water partition coefficient (Wildman–Crippen LogP) is 5.60. The summed E-state index contributed by atoms with van der Waals surface area (Å²) in [6.07, 6.45) is -0.317. The fraction of sp³-hybridized carbons (Fsp3) is 0.179. The Kier molecular flexibility index (Phi) is 6.28. The Morgan fingerprint density at radius 1 is 1.23 bits per heavy atom. The minimum absolute atomic E-state index is 0.0945. The third-order valence-electron chi connectivity index (χ3n) is 6.24. The molecule has 0 saturated heterocycles. The molecule has 0 unspecified atom stereocenters.